The Kier molecular flexibility index (Phi) is 4.71. The van der Waals surface area contributed by atoms with E-state index < -0.39 is 0 Å². The minimum atomic E-state index is 0.476. The van der Waals surface area contributed by atoms with Gasteiger partial charge in [0, 0.05) is 25.2 Å². The van der Waals surface area contributed by atoms with E-state index in [0.29, 0.717) is 5.41 Å². The highest BCUT2D eigenvalue weighted by molar-refractivity contribution is 4.90. The Labute approximate surface area is 114 Å². The monoisotopic (exact) mass is 252 g/mol. The predicted molar refractivity (Wildman–Crippen MR) is 78.9 cm³/mol. The molecule has 106 valence electrons. The molecule has 0 spiro atoms. The van der Waals surface area contributed by atoms with Crippen molar-refractivity contribution in [2.75, 3.05) is 19.6 Å². The fourth-order valence-electron chi connectivity index (χ4n) is 3.74. The second-order valence-electron chi connectivity index (χ2n) is 7.66. The van der Waals surface area contributed by atoms with Gasteiger partial charge in [0.1, 0.15) is 0 Å². The summed E-state index contributed by atoms with van der Waals surface area (Å²) in [6, 6.07) is 1.64. The van der Waals surface area contributed by atoms with Crippen molar-refractivity contribution in [2.24, 2.45) is 11.3 Å². The Morgan fingerprint density at radius 1 is 1.17 bits per heavy atom. The lowest BCUT2D eigenvalue weighted by molar-refractivity contribution is 0.0466. The summed E-state index contributed by atoms with van der Waals surface area (Å²) in [5, 5.41) is 3.69. The molecule has 1 N–H and O–H groups in total. The minimum Gasteiger partial charge on any atom is -0.313 e. The van der Waals surface area contributed by atoms with Crippen molar-refractivity contribution in [3.05, 3.63) is 0 Å². The van der Waals surface area contributed by atoms with Gasteiger partial charge in [-0.25, -0.2) is 0 Å². The summed E-state index contributed by atoms with van der Waals surface area (Å²) in [6.45, 7) is 13.2. The lowest BCUT2D eigenvalue weighted by atomic mass is 9.78. The number of rotatable bonds is 4. The summed E-state index contributed by atoms with van der Waals surface area (Å²) in [5.41, 5.74) is 0.476. The predicted octanol–water partition coefficient (Wildman–Crippen LogP) is 3.28. The molecule has 2 atom stereocenters. The van der Waals surface area contributed by atoms with E-state index in [2.05, 4.69) is 37.9 Å². The van der Waals surface area contributed by atoms with Crippen LogP contribution in [0.1, 0.15) is 59.8 Å². The highest BCUT2D eigenvalue weighted by Gasteiger charge is 2.34. The molecule has 2 rings (SSSR count). The third-order valence-electron chi connectivity index (χ3n) is 4.55. The normalized spacial score (nSPS) is 31.3. The Morgan fingerprint density at radius 3 is 2.39 bits per heavy atom. The lowest BCUT2D eigenvalue weighted by Crippen LogP contribution is -2.54. The van der Waals surface area contributed by atoms with Crippen molar-refractivity contribution < 1.29 is 0 Å². The van der Waals surface area contributed by atoms with Crippen LogP contribution in [-0.4, -0.2) is 36.6 Å². The maximum atomic E-state index is 3.69. The van der Waals surface area contributed by atoms with Gasteiger partial charge < -0.3 is 5.32 Å². The van der Waals surface area contributed by atoms with Gasteiger partial charge in [0.25, 0.3) is 0 Å². The van der Waals surface area contributed by atoms with Crippen LogP contribution in [0.2, 0.25) is 0 Å². The van der Waals surface area contributed by atoms with Gasteiger partial charge in [0.05, 0.1) is 0 Å². The Balaban J connectivity index is 1.92. The fraction of sp³-hybridized carbons (Fsp3) is 1.00. The summed E-state index contributed by atoms with van der Waals surface area (Å²) in [5.74, 6) is 0.892. The first-order valence-electron chi connectivity index (χ1n) is 7.95. The molecule has 2 heteroatoms. The third-order valence-corrected chi connectivity index (χ3v) is 4.55. The van der Waals surface area contributed by atoms with Crippen molar-refractivity contribution in [1.82, 2.24) is 10.2 Å². The van der Waals surface area contributed by atoms with E-state index in [4.69, 9.17) is 0 Å². The number of hydrogen-bond acceptors (Lipinski definition) is 2. The van der Waals surface area contributed by atoms with Crippen molar-refractivity contribution in [3.63, 3.8) is 0 Å². The smallest absolute Gasteiger partial charge is 0.0198 e. The van der Waals surface area contributed by atoms with Crippen LogP contribution >= 0.6 is 0 Å². The number of piperidine rings is 1. The molecule has 0 aromatic heterocycles. The molecule has 1 heterocycles. The van der Waals surface area contributed by atoms with Crippen molar-refractivity contribution in [2.45, 2.75) is 71.9 Å². The van der Waals surface area contributed by atoms with E-state index >= 15 is 0 Å². The number of likely N-dealkylation sites (tertiary alicyclic amines) is 1. The molecule has 0 bridgehead atoms. The standard InChI is InChI=1S/C16H32N2/c1-5-17-14-9-13(10-16(2,3)4)11-18(12-14)15-7-6-8-15/h13-15,17H,5-12H2,1-4H3. The van der Waals surface area contributed by atoms with Gasteiger partial charge in [-0.15, -0.1) is 0 Å². The van der Waals surface area contributed by atoms with Crippen LogP contribution < -0.4 is 5.32 Å². The zero-order valence-electron chi connectivity index (χ0n) is 12.8. The third kappa shape index (κ3) is 3.96. The van der Waals surface area contributed by atoms with Crippen LogP contribution in [0.3, 0.4) is 0 Å². The van der Waals surface area contributed by atoms with E-state index in [1.54, 1.807) is 0 Å². The molecule has 1 saturated heterocycles. The lowest BCUT2D eigenvalue weighted by Gasteiger charge is -2.46. The van der Waals surface area contributed by atoms with Crippen molar-refractivity contribution in [3.8, 4) is 0 Å². The average molecular weight is 252 g/mol. The van der Waals surface area contributed by atoms with Gasteiger partial charge >= 0.3 is 0 Å². The molecule has 2 unspecified atom stereocenters. The van der Waals surface area contributed by atoms with Crippen LogP contribution in [0.5, 0.6) is 0 Å². The zero-order chi connectivity index (χ0) is 13.2. The summed E-state index contributed by atoms with van der Waals surface area (Å²) < 4.78 is 0. The molecule has 1 aliphatic carbocycles. The Morgan fingerprint density at radius 2 is 1.89 bits per heavy atom. The van der Waals surface area contributed by atoms with Crippen molar-refractivity contribution >= 4 is 0 Å². The fourth-order valence-corrected chi connectivity index (χ4v) is 3.74. The zero-order valence-corrected chi connectivity index (χ0v) is 12.8. The van der Waals surface area contributed by atoms with Gasteiger partial charge in [-0.1, -0.05) is 34.1 Å². The summed E-state index contributed by atoms with van der Waals surface area (Å²) in [4.78, 5) is 2.79. The summed E-state index contributed by atoms with van der Waals surface area (Å²) in [7, 11) is 0. The number of nitrogens with zero attached hydrogens (tertiary/aromatic N) is 1. The Bertz CT molecular complexity index is 252. The number of likely N-dealkylation sites (N-methyl/N-ethyl adjacent to an activating group) is 1. The molecule has 2 aliphatic rings. The van der Waals surface area contributed by atoms with E-state index in [-0.39, 0.29) is 0 Å². The summed E-state index contributed by atoms with van der Waals surface area (Å²) >= 11 is 0. The topological polar surface area (TPSA) is 15.3 Å². The van der Waals surface area contributed by atoms with Gasteiger partial charge in [-0.3, -0.25) is 4.90 Å². The van der Waals surface area contributed by atoms with E-state index in [0.717, 1.165) is 24.5 Å². The second-order valence-corrected chi connectivity index (χ2v) is 7.66. The van der Waals surface area contributed by atoms with Crippen LogP contribution in [0.25, 0.3) is 0 Å². The number of nitrogens with one attached hydrogen (secondary N) is 1. The van der Waals surface area contributed by atoms with Crippen LogP contribution in [0.15, 0.2) is 0 Å². The average Bonchev–Trinajstić information content (AvgIpc) is 2.11. The second kappa shape index (κ2) is 5.92. The molecule has 18 heavy (non-hydrogen) atoms. The minimum absolute atomic E-state index is 0.476. The van der Waals surface area contributed by atoms with E-state index in [9.17, 15) is 0 Å². The first kappa shape index (κ1) is 14.3. The van der Waals surface area contributed by atoms with E-state index in [1.165, 1.54) is 45.2 Å². The van der Waals surface area contributed by atoms with Gasteiger partial charge in [-0.05, 0) is 43.6 Å². The van der Waals surface area contributed by atoms with Crippen LogP contribution in [0, 0.1) is 11.3 Å². The summed E-state index contributed by atoms with van der Waals surface area (Å²) in [6.07, 6.45) is 7.10. The maximum absolute atomic E-state index is 3.69. The quantitative estimate of drug-likeness (QED) is 0.826. The first-order valence-corrected chi connectivity index (χ1v) is 7.95. The number of hydrogen-bond donors (Lipinski definition) is 1. The SMILES string of the molecule is CCNC1CC(CC(C)(C)C)CN(C2CCC2)C1. The molecule has 1 aliphatic heterocycles. The van der Waals surface area contributed by atoms with Crippen LogP contribution in [0.4, 0.5) is 0 Å². The highest BCUT2D eigenvalue weighted by Crippen LogP contribution is 2.34. The Hall–Kier alpha value is -0.0800. The largest absolute Gasteiger partial charge is 0.313 e. The van der Waals surface area contributed by atoms with Gasteiger partial charge in [0.2, 0.25) is 0 Å². The van der Waals surface area contributed by atoms with E-state index in [1.807, 2.05) is 0 Å². The molecule has 2 fully saturated rings. The van der Waals surface area contributed by atoms with Crippen LogP contribution in [-0.2, 0) is 0 Å². The van der Waals surface area contributed by atoms with Crippen molar-refractivity contribution in [1.29, 1.82) is 0 Å². The van der Waals surface area contributed by atoms with Gasteiger partial charge in [0.15, 0.2) is 0 Å². The molecule has 0 aromatic rings. The van der Waals surface area contributed by atoms with Gasteiger partial charge in [-0.2, -0.15) is 0 Å². The highest BCUT2D eigenvalue weighted by atomic mass is 15.2. The molecule has 0 aromatic carbocycles. The maximum Gasteiger partial charge on any atom is 0.0198 e. The first-order chi connectivity index (χ1) is 8.48. The molecular weight excluding hydrogens is 220 g/mol. The molecule has 2 nitrogen and oxygen atoms in total. The molecule has 0 radical (unpaired) electrons. The molecule has 1 saturated carbocycles. The molecular formula is C16H32N2. The molecule has 0 amide bonds.